The van der Waals surface area contributed by atoms with Crippen molar-refractivity contribution in [1.29, 1.82) is 0 Å². The minimum absolute atomic E-state index is 0.129. The lowest BCUT2D eigenvalue weighted by atomic mass is 10.2. The first-order chi connectivity index (χ1) is 7.04. The van der Waals surface area contributed by atoms with Crippen LogP contribution in [0.4, 0.5) is 0 Å². The van der Waals surface area contributed by atoms with Crippen LogP contribution in [0.15, 0.2) is 24.3 Å². The molecule has 0 aliphatic rings. The minimum Gasteiger partial charge on any atom is -0.392 e. The number of aliphatic hydroxyl groups excluding tert-OH is 1. The summed E-state index contributed by atoms with van der Waals surface area (Å²) in [6.45, 7) is 6.99. The number of hydrogen-bond acceptors (Lipinski definition) is 1. The van der Waals surface area contributed by atoms with Gasteiger partial charge in [0.2, 0.25) is 0 Å². The zero-order chi connectivity index (χ0) is 11.1. The molecule has 0 aliphatic heterocycles. The lowest BCUT2D eigenvalue weighted by Gasteiger charge is -2.16. The molecule has 2 nitrogen and oxygen atoms in total. The molecule has 0 saturated carbocycles. The van der Waals surface area contributed by atoms with E-state index in [4.69, 9.17) is 0 Å². The number of aromatic amines is 1. The van der Waals surface area contributed by atoms with Crippen LogP contribution in [-0.4, -0.2) is 18.2 Å². The summed E-state index contributed by atoms with van der Waals surface area (Å²) in [6.07, 6.45) is 0. The van der Waals surface area contributed by atoms with E-state index in [-0.39, 0.29) is 6.61 Å². The Kier molecular flexibility index (Phi) is 2.44. The fraction of sp³-hybridized carbons (Fsp3) is 0.333. The first-order valence-electron chi connectivity index (χ1n) is 5.25. The molecule has 0 radical (unpaired) electrons. The average molecular weight is 219 g/mol. The van der Waals surface area contributed by atoms with Gasteiger partial charge in [-0.05, 0) is 6.07 Å². The Hall–Kier alpha value is -1.06. The highest BCUT2D eigenvalue weighted by Crippen LogP contribution is 2.19. The molecule has 2 rings (SSSR count). The molecular weight excluding hydrogens is 202 g/mol. The Bertz CT molecular complexity index is 482. The van der Waals surface area contributed by atoms with Gasteiger partial charge in [-0.1, -0.05) is 37.8 Å². The highest BCUT2D eigenvalue weighted by atomic mass is 28.3. The van der Waals surface area contributed by atoms with Gasteiger partial charge in [-0.2, -0.15) is 0 Å². The van der Waals surface area contributed by atoms with Crippen molar-refractivity contribution in [3.05, 3.63) is 29.8 Å². The van der Waals surface area contributed by atoms with Gasteiger partial charge in [-0.25, -0.2) is 0 Å². The van der Waals surface area contributed by atoms with Crippen LogP contribution >= 0.6 is 0 Å². The number of fused-ring (bicyclic) bond motifs is 1. The van der Waals surface area contributed by atoms with E-state index in [1.807, 2.05) is 12.1 Å². The summed E-state index contributed by atoms with van der Waals surface area (Å²) < 4.78 is 0. The molecule has 0 aliphatic carbocycles. The maximum atomic E-state index is 9.47. The predicted octanol–water partition coefficient (Wildman–Crippen LogP) is 2.21. The SMILES string of the molecule is C[Si](C)(C)c1[nH]c2ccccc2c1CO. The summed E-state index contributed by atoms with van der Waals surface area (Å²) in [6, 6.07) is 8.18. The molecule has 3 heteroatoms. The summed E-state index contributed by atoms with van der Waals surface area (Å²) in [5.41, 5.74) is 2.23. The number of aromatic nitrogens is 1. The Morgan fingerprint density at radius 3 is 2.47 bits per heavy atom. The van der Waals surface area contributed by atoms with Crippen molar-refractivity contribution in [1.82, 2.24) is 4.98 Å². The quantitative estimate of drug-likeness (QED) is 0.746. The van der Waals surface area contributed by atoms with E-state index in [9.17, 15) is 5.11 Å². The Balaban J connectivity index is 2.75. The van der Waals surface area contributed by atoms with Crippen molar-refractivity contribution in [2.45, 2.75) is 26.2 Å². The Labute approximate surface area is 91.0 Å². The molecule has 0 amide bonds. The van der Waals surface area contributed by atoms with E-state index in [1.165, 1.54) is 5.32 Å². The molecular formula is C12H17NOSi. The van der Waals surface area contributed by atoms with Crippen molar-refractivity contribution in [3.63, 3.8) is 0 Å². The molecule has 0 saturated heterocycles. The zero-order valence-corrected chi connectivity index (χ0v) is 10.5. The van der Waals surface area contributed by atoms with Crippen LogP contribution in [0, 0.1) is 0 Å². The van der Waals surface area contributed by atoms with Crippen LogP contribution in [0.2, 0.25) is 19.6 Å². The first-order valence-corrected chi connectivity index (χ1v) is 8.75. The summed E-state index contributed by atoms with van der Waals surface area (Å²) >= 11 is 0. The number of rotatable bonds is 2. The Morgan fingerprint density at radius 2 is 1.87 bits per heavy atom. The van der Waals surface area contributed by atoms with E-state index >= 15 is 0 Å². The van der Waals surface area contributed by atoms with E-state index < -0.39 is 8.07 Å². The molecule has 0 atom stereocenters. The largest absolute Gasteiger partial charge is 0.392 e. The summed E-state index contributed by atoms with van der Waals surface area (Å²) in [5.74, 6) is 0. The monoisotopic (exact) mass is 219 g/mol. The maximum absolute atomic E-state index is 9.47. The summed E-state index contributed by atoms with van der Waals surface area (Å²) in [7, 11) is -1.40. The first kappa shape index (κ1) is 10.5. The molecule has 0 bridgehead atoms. The van der Waals surface area contributed by atoms with Crippen molar-refractivity contribution < 1.29 is 5.11 Å². The third-order valence-electron chi connectivity index (χ3n) is 2.72. The van der Waals surface area contributed by atoms with Crippen molar-refractivity contribution in [2.24, 2.45) is 0 Å². The van der Waals surface area contributed by atoms with Crippen molar-refractivity contribution in [2.75, 3.05) is 0 Å². The van der Waals surface area contributed by atoms with Crippen LogP contribution < -0.4 is 5.32 Å². The molecule has 2 aromatic rings. The van der Waals surface area contributed by atoms with Crippen LogP contribution in [0.1, 0.15) is 5.56 Å². The van der Waals surface area contributed by atoms with Gasteiger partial charge in [0.25, 0.3) is 0 Å². The third-order valence-corrected chi connectivity index (χ3v) is 4.65. The second-order valence-corrected chi connectivity index (χ2v) is 9.93. The van der Waals surface area contributed by atoms with E-state index in [0.717, 1.165) is 16.5 Å². The number of aliphatic hydroxyl groups is 1. The molecule has 0 unspecified atom stereocenters. The van der Waals surface area contributed by atoms with E-state index in [2.05, 4.69) is 36.8 Å². The van der Waals surface area contributed by atoms with Gasteiger partial charge in [-0.3, -0.25) is 0 Å². The molecule has 1 heterocycles. The molecule has 2 N–H and O–H groups in total. The van der Waals surface area contributed by atoms with E-state index in [0.29, 0.717) is 0 Å². The standard InChI is InChI=1S/C12H17NOSi/c1-15(2,3)12-10(8-14)9-6-4-5-7-11(9)13-12/h4-7,13-14H,8H2,1-3H3. The van der Waals surface area contributed by atoms with Gasteiger partial charge in [0, 0.05) is 21.8 Å². The molecule has 80 valence electrons. The number of benzene rings is 1. The summed E-state index contributed by atoms with van der Waals surface area (Å²) in [4.78, 5) is 3.46. The predicted molar refractivity (Wildman–Crippen MR) is 67.2 cm³/mol. The Morgan fingerprint density at radius 1 is 1.20 bits per heavy atom. The second kappa shape index (κ2) is 3.50. The molecule has 1 aromatic heterocycles. The van der Waals surface area contributed by atoms with Crippen LogP contribution in [0.3, 0.4) is 0 Å². The van der Waals surface area contributed by atoms with Crippen LogP contribution in [0.5, 0.6) is 0 Å². The molecule has 1 aromatic carbocycles. The topological polar surface area (TPSA) is 36.0 Å². The molecule has 0 spiro atoms. The van der Waals surface area contributed by atoms with Gasteiger partial charge in [0.05, 0.1) is 14.7 Å². The van der Waals surface area contributed by atoms with Crippen molar-refractivity contribution >= 4 is 24.3 Å². The highest BCUT2D eigenvalue weighted by Gasteiger charge is 2.23. The molecule has 15 heavy (non-hydrogen) atoms. The number of H-pyrrole nitrogens is 1. The number of hydrogen-bond donors (Lipinski definition) is 2. The molecule has 0 fully saturated rings. The number of para-hydroxylation sites is 1. The van der Waals surface area contributed by atoms with Crippen LogP contribution in [0.25, 0.3) is 10.9 Å². The number of nitrogens with one attached hydrogen (secondary N) is 1. The lowest BCUT2D eigenvalue weighted by molar-refractivity contribution is 0.284. The zero-order valence-electron chi connectivity index (χ0n) is 9.46. The average Bonchev–Trinajstić information content (AvgIpc) is 2.55. The highest BCUT2D eigenvalue weighted by molar-refractivity contribution is 6.88. The fourth-order valence-corrected chi connectivity index (χ4v) is 3.63. The van der Waals surface area contributed by atoms with Gasteiger partial charge >= 0.3 is 0 Å². The van der Waals surface area contributed by atoms with Gasteiger partial charge in [-0.15, -0.1) is 0 Å². The summed E-state index contributed by atoms with van der Waals surface area (Å²) in [5, 5.41) is 11.9. The minimum atomic E-state index is -1.40. The van der Waals surface area contributed by atoms with E-state index in [1.54, 1.807) is 0 Å². The van der Waals surface area contributed by atoms with Gasteiger partial charge in [0.15, 0.2) is 0 Å². The van der Waals surface area contributed by atoms with Crippen LogP contribution in [-0.2, 0) is 6.61 Å². The fourth-order valence-electron chi connectivity index (χ4n) is 2.00. The third kappa shape index (κ3) is 1.73. The van der Waals surface area contributed by atoms with Gasteiger partial charge < -0.3 is 10.1 Å². The van der Waals surface area contributed by atoms with Gasteiger partial charge in [0.1, 0.15) is 0 Å². The lowest BCUT2D eigenvalue weighted by Crippen LogP contribution is -2.40. The second-order valence-electron chi connectivity index (χ2n) is 4.93. The normalized spacial score (nSPS) is 12.3. The smallest absolute Gasteiger partial charge is 0.0986 e. The maximum Gasteiger partial charge on any atom is 0.0986 e. The van der Waals surface area contributed by atoms with Crippen molar-refractivity contribution in [3.8, 4) is 0 Å².